The largest absolute Gasteiger partial charge is 1.00 e. The first-order valence-corrected chi connectivity index (χ1v) is 6.91. The number of rotatable bonds is 6. The van der Waals surface area contributed by atoms with Gasteiger partial charge in [0.25, 0.3) is 0 Å². The molecule has 102 valence electrons. The van der Waals surface area contributed by atoms with Crippen molar-refractivity contribution in [3.05, 3.63) is 66.0 Å². The van der Waals surface area contributed by atoms with E-state index in [-0.39, 0.29) is 30.5 Å². The van der Waals surface area contributed by atoms with E-state index in [0.29, 0.717) is 6.42 Å². The van der Waals surface area contributed by atoms with Gasteiger partial charge in [0.1, 0.15) is 0 Å². The van der Waals surface area contributed by atoms with Crippen LogP contribution < -0.4 is 24.0 Å². The van der Waals surface area contributed by atoms with Crippen molar-refractivity contribution in [2.24, 2.45) is 5.92 Å². The van der Waals surface area contributed by atoms with Gasteiger partial charge < -0.3 is 5.11 Å². The zero-order valence-electron chi connectivity index (χ0n) is 13.1. The van der Waals surface area contributed by atoms with Gasteiger partial charge in [0.15, 0.2) is 0 Å². The molecule has 2 heteroatoms. The molecule has 0 spiro atoms. The van der Waals surface area contributed by atoms with Gasteiger partial charge in [-0.05, 0) is 30.4 Å². The molecule has 0 saturated carbocycles. The molecule has 0 aromatic heterocycles. The Morgan fingerprint density at radius 2 is 1.90 bits per heavy atom. The SMILES string of the molecule is CCC(C)/C([O-])=C/C/C=C/C=C(/C)c1ccccc1.[Li+]. The van der Waals surface area contributed by atoms with Crippen molar-refractivity contribution in [1.29, 1.82) is 0 Å². The van der Waals surface area contributed by atoms with Crippen molar-refractivity contribution in [3.63, 3.8) is 0 Å². The Morgan fingerprint density at radius 1 is 1.25 bits per heavy atom. The normalized spacial score (nSPS) is 14.2. The first kappa shape index (κ1) is 18.8. The molecule has 0 heterocycles. The molecule has 1 aromatic carbocycles. The fraction of sp³-hybridized carbons (Fsp3) is 0.333. The standard InChI is InChI=1S/C18H24O.Li/c1-4-15(2)18(19)14-10-5-7-11-16(3)17-12-8-6-9-13-17;/h5-9,11-15,19H,4,10H2,1-3H3;/q;+1/p-1/b7-5+,16-11-,18-14-;. The fourth-order valence-corrected chi connectivity index (χ4v) is 1.67. The monoisotopic (exact) mass is 262 g/mol. The van der Waals surface area contributed by atoms with Crippen LogP contribution >= 0.6 is 0 Å². The third-order valence-corrected chi connectivity index (χ3v) is 3.26. The quantitative estimate of drug-likeness (QED) is 0.431. The minimum Gasteiger partial charge on any atom is -0.875 e. The Kier molecular flexibility index (Phi) is 9.99. The minimum absolute atomic E-state index is 0. The summed E-state index contributed by atoms with van der Waals surface area (Å²) in [6.45, 7) is 6.11. The summed E-state index contributed by atoms with van der Waals surface area (Å²) in [7, 11) is 0. The first-order valence-electron chi connectivity index (χ1n) is 6.91. The molecule has 0 saturated heterocycles. The number of hydrogen-bond donors (Lipinski definition) is 0. The topological polar surface area (TPSA) is 23.1 Å². The Bertz CT molecular complexity index is 458. The van der Waals surface area contributed by atoms with Crippen molar-refractivity contribution in [3.8, 4) is 0 Å². The van der Waals surface area contributed by atoms with Crippen LogP contribution in [0.25, 0.3) is 5.57 Å². The van der Waals surface area contributed by atoms with Gasteiger partial charge in [-0.15, -0.1) is 5.76 Å². The second-order valence-corrected chi connectivity index (χ2v) is 4.80. The summed E-state index contributed by atoms with van der Waals surface area (Å²) in [5, 5.41) is 11.6. The average Bonchev–Trinajstić information content (AvgIpc) is 2.46. The molecule has 1 unspecified atom stereocenters. The van der Waals surface area contributed by atoms with Gasteiger partial charge in [0.2, 0.25) is 0 Å². The Labute approximate surface area is 135 Å². The summed E-state index contributed by atoms with van der Waals surface area (Å²) >= 11 is 0. The second kappa shape index (κ2) is 10.6. The zero-order chi connectivity index (χ0) is 14.1. The van der Waals surface area contributed by atoms with Crippen LogP contribution in [0.15, 0.2) is 60.4 Å². The van der Waals surface area contributed by atoms with Crippen LogP contribution in [0.2, 0.25) is 0 Å². The maximum atomic E-state index is 11.6. The summed E-state index contributed by atoms with van der Waals surface area (Å²) < 4.78 is 0. The predicted molar refractivity (Wildman–Crippen MR) is 81.4 cm³/mol. The first-order chi connectivity index (χ1) is 9.15. The molecule has 20 heavy (non-hydrogen) atoms. The van der Waals surface area contributed by atoms with E-state index in [4.69, 9.17) is 0 Å². The molecule has 0 aliphatic carbocycles. The van der Waals surface area contributed by atoms with Crippen LogP contribution in [-0.4, -0.2) is 0 Å². The van der Waals surface area contributed by atoms with Crippen molar-refractivity contribution in [1.82, 2.24) is 0 Å². The summed E-state index contributed by atoms with van der Waals surface area (Å²) in [5.74, 6) is 0.394. The van der Waals surface area contributed by atoms with Gasteiger partial charge in [0.05, 0.1) is 0 Å². The van der Waals surface area contributed by atoms with E-state index >= 15 is 0 Å². The number of hydrogen-bond acceptors (Lipinski definition) is 1. The van der Waals surface area contributed by atoms with E-state index in [1.165, 1.54) is 11.1 Å². The Morgan fingerprint density at radius 3 is 2.50 bits per heavy atom. The second-order valence-electron chi connectivity index (χ2n) is 4.80. The summed E-state index contributed by atoms with van der Waals surface area (Å²) in [6, 6.07) is 10.3. The van der Waals surface area contributed by atoms with E-state index in [1.807, 2.05) is 44.2 Å². The van der Waals surface area contributed by atoms with Crippen LogP contribution in [0.5, 0.6) is 0 Å². The summed E-state index contributed by atoms with van der Waals surface area (Å²) in [5.41, 5.74) is 2.46. The van der Waals surface area contributed by atoms with Crippen molar-refractivity contribution in [2.75, 3.05) is 0 Å². The average molecular weight is 262 g/mol. The molecule has 0 aliphatic heterocycles. The molecular formula is C18H23LiO. The van der Waals surface area contributed by atoms with E-state index in [0.717, 1.165) is 6.42 Å². The van der Waals surface area contributed by atoms with Crippen molar-refractivity contribution < 1.29 is 24.0 Å². The van der Waals surface area contributed by atoms with Gasteiger partial charge in [-0.2, -0.15) is 0 Å². The molecule has 1 nitrogen and oxygen atoms in total. The van der Waals surface area contributed by atoms with E-state index in [9.17, 15) is 5.11 Å². The molecule has 0 bridgehead atoms. The molecule has 1 aromatic rings. The third kappa shape index (κ3) is 6.85. The fourth-order valence-electron chi connectivity index (χ4n) is 1.67. The van der Waals surface area contributed by atoms with Crippen molar-refractivity contribution >= 4 is 5.57 Å². The Balaban J connectivity index is 0.00000361. The van der Waals surface area contributed by atoms with Gasteiger partial charge >= 0.3 is 18.9 Å². The van der Waals surface area contributed by atoms with Gasteiger partial charge in [-0.1, -0.05) is 74.9 Å². The smallest absolute Gasteiger partial charge is 0.875 e. The van der Waals surface area contributed by atoms with Crippen LogP contribution in [0.4, 0.5) is 0 Å². The number of benzene rings is 1. The molecule has 0 amide bonds. The molecule has 0 aliphatic rings. The summed E-state index contributed by atoms with van der Waals surface area (Å²) in [6.07, 6.45) is 9.51. The van der Waals surface area contributed by atoms with Crippen molar-refractivity contribution in [2.45, 2.75) is 33.6 Å². The molecule has 1 atom stereocenters. The minimum atomic E-state index is 0. The van der Waals surface area contributed by atoms with Crippen LogP contribution in [0.1, 0.15) is 39.2 Å². The molecule has 1 rings (SSSR count). The van der Waals surface area contributed by atoms with Gasteiger partial charge in [-0.3, -0.25) is 0 Å². The molecule has 0 radical (unpaired) electrons. The molecular weight excluding hydrogens is 239 g/mol. The maximum absolute atomic E-state index is 11.6. The predicted octanol–water partition coefficient (Wildman–Crippen LogP) is 1.33. The maximum Gasteiger partial charge on any atom is 1.00 e. The van der Waals surface area contributed by atoms with Crippen LogP contribution in [-0.2, 0) is 0 Å². The zero-order valence-corrected chi connectivity index (χ0v) is 13.1. The molecule has 0 N–H and O–H groups in total. The van der Waals surface area contributed by atoms with Gasteiger partial charge in [0, 0.05) is 0 Å². The van der Waals surface area contributed by atoms with Crippen LogP contribution in [0, 0.1) is 5.92 Å². The van der Waals surface area contributed by atoms with E-state index < -0.39 is 0 Å². The van der Waals surface area contributed by atoms with E-state index in [2.05, 4.69) is 25.1 Å². The van der Waals surface area contributed by atoms with E-state index in [1.54, 1.807) is 6.08 Å². The Hall–Kier alpha value is -1.16. The summed E-state index contributed by atoms with van der Waals surface area (Å²) in [4.78, 5) is 0. The van der Waals surface area contributed by atoms with Crippen LogP contribution in [0.3, 0.4) is 0 Å². The van der Waals surface area contributed by atoms with Gasteiger partial charge in [-0.25, -0.2) is 0 Å². The number of allylic oxidation sites excluding steroid dienone is 6. The third-order valence-electron chi connectivity index (χ3n) is 3.26. The molecule has 0 fully saturated rings.